The second-order valence-electron chi connectivity index (χ2n) is 11.9. The predicted octanol–water partition coefficient (Wildman–Crippen LogP) is 5.71. The van der Waals surface area contributed by atoms with Crippen LogP contribution in [0, 0.1) is 12.8 Å². The topological polar surface area (TPSA) is 87.7 Å². The van der Waals surface area contributed by atoms with E-state index in [-0.39, 0.29) is 36.2 Å². The van der Waals surface area contributed by atoms with E-state index in [1.165, 1.54) is 0 Å². The Morgan fingerprint density at radius 2 is 1.64 bits per heavy atom. The van der Waals surface area contributed by atoms with E-state index in [2.05, 4.69) is 24.5 Å². The minimum absolute atomic E-state index is 0.0254. The van der Waals surface area contributed by atoms with Gasteiger partial charge in [0.1, 0.15) is 17.7 Å². The molecule has 1 saturated carbocycles. The molecule has 2 aromatic carbocycles. The van der Waals surface area contributed by atoms with Crippen molar-refractivity contribution in [2.45, 2.75) is 104 Å². The number of rotatable bonds is 11. The average Bonchev–Trinajstić information content (AvgIpc) is 3.57. The first-order valence-corrected chi connectivity index (χ1v) is 14.1. The molecule has 0 aliphatic heterocycles. The van der Waals surface area contributed by atoms with Crippen molar-refractivity contribution in [3.63, 3.8) is 0 Å². The highest BCUT2D eigenvalue weighted by Gasteiger charge is 2.48. The molecule has 0 bridgehead atoms. The first-order chi connectivity index (χ1) is 18.4. The molecule has 1 fully saturated rings. The number of aryl methyl sites for hydroxylation is 1. The summed E-state index contributed by atoms with van der Waals surface area (Å²) in [5.41, 5.74) is 1.92. The third kappa shape index (κ3) is 8.57. The van der Waals surface area contributed by atoms with Crippen LogP contribution in [0.4, 0.5) is 4.79 Å². The van der Waals surface area contributed by atoms with E-state index in [9.17, 15) is 14.4 Å². The van der Waals surface area contributed by atoms with E-state index in [4.69, 9.17) is 4.74 Å². The van der Waals surface area contributed by atoms with Gasteiger partial charge in [0.25, 0.3) is 0 Å². The number of ether oxygens (including phenoxy) is 1. The zero-order chi connectivity index (χ0) is 28.7. The number of nitrogens with one attached hydrogen (secondary N) is 2. The second-order valence-corrected chi connectivity index (χ2v) is 11.9. The second kappa shape index (κ2) is 13.1. The lowest BCUT2D eigenvalue weighted by molar-refractivity contribution is -0.143. The van der Waals surface area contributed by atoms with Crippen LogP contribution in [-0.2, 0) is 20.7 Å². The number of amides is 3. The van der Waals surface area contributed by atoms with Crippen molar-refractivity contribution < 1.29 is 19.1 Å². The standard InChI is InChI=1S/C32H45N3O4/c1-8-14-23(4)33-29(36)28(25-18-13-12-15-21(25)2)35(27-19-22(27)3)30(37)26(20-24-16-10-9-11-17-24)34-31(38)39-32(5,6)7/h9-13,15-18,22-23,26-28H,8,14,19-20H2,1-7H3,(H,33,36)(H,34,38). The Balaban J connectivity index is 2.04. The zero-order valence-electron chi connectivity index (χ0n) is 24.5. The van der Waals surface area contributed by atoms with Gasteiger partial charge in [-0.1, -0.05) is 74.9 Å². The summed E-state index contributed by atoms with van der Waals surface area (Å²) in [5, 5.41) is 5.99. The van der Waals surface area contributed by atoms with E-state index in [0.717, 1.165) is 36.0 Å². The highest BCUT2D eigenvalue weighted by Crippen LogP contribution is 2.41. The molecule has 1 aliphatic rings. The molecule has 0 heterocycles. The van der Waals surface area contributed by atoms with Crippen molar-refractivity contribution in [3.8, 4) is 0 Å². The van der Waals surface area contributed by atoms with Gasteiger partial charge in [-0.3, -0.25) is 9.59 Å². The number of carbonyl (C=O) groups is 3. The third-order valence-corrected chi connectivity index (χ3v) is 7.07. The molecule has 3 rings (SSSR count). The van der Waals surface area contributed by atoms with Gasteiger partial charge in [-0.05, 0) is 70.1 Å². The van der Waals surface area contributed by atoms with Gasteiger partial charge in [-0.25, -0.2) is 4.79 Å². The van der Waals surface area contributed by atoms with Gasteiger partial charge < -0.3 is 20.3 Å². The van der Waals surface area contributed by atoms with Crippen LogP contribution < -0.4 is 10.6 Å². The Labute approximate surface area is 233 Å². The minimum atomic E-state index is -0.901. The van der Waals surface area contributed by atoms with Crippen LogP contribution >= 0.6 is 0 Å². The maximum Gasteiger partial charge on any atom is 0.408 e. The van der Waals surface area contributed by atoms with Crippen molar-refractivity contribution in [1.29, 1.82) is 0 Å². The van der Waals surface area contributed by atoms with Crippen molar-refractivity contribution in [3.05, 3.63) is 71.3 Å². The predicted molar refractivity (Wildman–Crippen MR) is 154 cm³/mol. The fourth-order valence-electron chi connectivity index (χ4n) is 4.99. The van der Waals surface area contributed by atoms with E-state index in [1.807, 2.05) is 68.4 Å². The largest absolute Gasteiger partial charge is 0.444 e. The highest BCUT2D eigenvalue weighted by molar-refractivity contribution is 5.93. The Hall–Kier alpha value is -3.35. The van der Waals surface area contributed by atoms with E-state index in [0.29, 0.717) is 0 Å². The Bertz CT molecular complexity index is 1130. The molecule has 0 spiro atoms. The lowest BCUT2D eigenvalue weighted by Crippen LogP contribution is -2.55. The zero-order valence-corrected chi connectivity index (χ0v) is 24.5. The molecule has 7 heteroatoms. The van der Waals surface area contributed by atoms with Crippen molar-refractivity contribution in [1.82, 2.24) is 15.5 Å². The molecule has 2 N–H and O–H groups in total. The molecule has 1 aliphatic carbocycles. The monoisotopic (exact) mass is 535 g/mol. The number of nitrogens with zero attached hydrogens (tertiary/aromatic N) is 1. The van der Waals surface area contributed by atoms with Crippen LogP contribution in [0.3, 0.4) is 0 Å². The molecule has 0 radical (unpaired) electrons. The van der Waals surface area contributed by atoms with Gasteiger partial charge in [0, 0.05) is 18.5 Å². The molecular formula is C32H45N3O4. The summed E-state index contributed by atoms with van der Waals surface area (Å²) >= 11 is 0. The van der Waals surface area contributed by atoms with E-state index < -0.39 is 23.8 Å². The van der Waals surface area contributed by atoms with Crippen molar-refractivity contribution in [2.24, 2.45) is 5.92 Å². The fraction of sp³-hybridized carbons (Fsp3) is 0.531. The van der Waals surface area contributed by atoms with Crippen LogP contribution in [0.1, 0.15) is 83.5 Å². The SMILES string of the molecule is CCCC(C)NC(=O)C(c1ccccc1C)N(C(=O)C(Cc1ccccc1)NC(=O)OC(C)(C)C)C1CC1C. The van der Waals surface area contributed by atoms with Crippen molar-refractivity contribution >= 4 is 17.9 Å². The smallest absolute Gasteiger partial charge is 0.408 e. The average molecular weight is 536 g/mol. The van der Waals surface area contributed by atoms with Crippen LogP contribution in [0.2, 0.25) is 0 Å². The maximum absolute atomic E-state index is 14.5. The molecule has 212 valence electrons. The number of hydrogen-bond acceptors (Lipinski definition) is 4. The van der Waals surface area contributed by atoms with Gasteiger partial charge in [-0.15, -0.1) is 0 Å². The molecule has 39 heavy (non-hydrogen) atoms. The number of carbonyl (C=O) groups excluding carboxylic acids is 3. The quantitative estimate of drug-likeness (QED) is 0.386. The number of benzene rings is 2. The summed E-state index contributed by atoms with van der Waals surface area (Å²) in [7, 11) is 0. The summed E-state index contributed by atoms with van der Waals surface area (Å²) in [6, 6.07) is 15.5. The molecule has 5 unspecified atom stereocenters. The van der Waals surface area contributed by atoms with Gasteiger partial charge >= 0.3 is 6.09 Å². The van der Waals surface area contributed by atoms with Gasteiger partial charge in [0.15, 0.2) is 0 Å². The Morgan fingerprint density at radius 1 is 1.03 bits per heavy atom. The van der Waals surface area contributed by atoms with Crippen LogP contribution in [0.15, 0.2) is 54.6 Å². The summed E-state index contributed by atoms with van der Waals surface area (Å²) in [6.07, 6.45) is 2.21. The lowest BCUT2D eigenvalue weighted by atomic mass is 9.96. The molecule has 0 saturated heterocycles. The van der Waals surface area contributed by atoms with Gasteiger partial charge in [0.05, 0.1) is 0 Å². The Kier molecular flexibility index (Phi) is 10.2. The summed E-state index contributed by atoms with van der Waals surface area (Å²) < 4.78 is 5.52. The molecule has 5 atom stereocenters. The van der Waals surface area contributed by atoms with Gasteiger partial charge in [0.2, 0.25) is 11.8 Å². The fourth-order valence-corrected chi connectivity index (χ4v) is 4.99. The first-order valence-electron chi connectivity index (χ1n) is 14.1. The van der Waals surface area contributed by atoms with E-state index in [1.54, 1.807) is 25.7 Å². The minimum Gasteiger partial charge on any atom is -0.444 e. The Morgan fingerprint density at radius 3 is 2.21 bits per heavy atom. The summed E-state index contributed by atoms with van der Waals surface area (Å²) in [4.78, 5) is 43.1. The lowest BCUT2D eigenvalue weighted by Gasteiger charge is -2.36. The van der Waals surface area contributed by atoms with Crippen molar-refractivity contribution in [2.75, 3.05) is 0 Å². The van der Waals surface area contributed by atoms with Crippen LogP contribution in [0.25, 0.3) is 0 Å². The van der Waals surface area contributed by atoms with Gasteiger partial charge in [-0.2, -0.15) is 0 Å². The van der Waals surface area contributed by atoms with E-state index >= 15 is 0 Å². The third-order valence-electron chi connectivity index (χ3n) is 7.07. The number of hydrogen-bond donors (Lipinski definition) is 2. The number of alkyl carbamates (subject to hydrolysis) is 1. The molecule has 0 aromatic heterocycles. The summed E-state index contributed by atoms with van der Waals surface area (Å²) in [6.45, 7) is 13.5. The maximum atomic E-state index is 14.5. The normalized spacial score (nSPS) is 18.8. The van der Waals surface area contributed by atoms with Crippen LogP contribution in [-0.4, -0.2) is 46.5 Å². The molecule has 2 aromatic rings. The first kappa shape index (κ1) is 30.2. The summed E-state index contributed by atoms with van der Waals surface area (Å²) in [5.74, 6) is -0.237. The molecular weight excluding hydrogens is 490 g/mol. The highest BCUT2D eigenvalue weighted by atomic mass is 16.6. The molecule has 7 nitrogen and oxygen atoms in total. The molecule has 3 amide bonds. The van der Waals surface area contributed by atoms with Crippen LogP contribution in [0.5, 0.6) is 0 Å².